The van der Waals surface area contributed by atoms with E-state index in [0.29, 0.717) is 6.42 Å². The maximum atomic E-state index is 11.7. The molecule has 0 aromatic carbocycles. The molecular formula is C10H7BrOS2. The van der Waals surface area contributed by atoms with Gasteiger partial charge in [-0.2, -0.15) is 11.3 Å². The zero-order valence-electron chi connectivity index (χ0n) is 7.20. The van der Waals surface area contributed by atoms with Gasteiger partial charge >= 0.3 is 0 Å². The first-order valence-corrected chi connectivity index (χ1v) is 6.65. The van der Waals surface area contributed by atoms with Crippen molar-refractivity contribution < 1.29 is 4.79 Å². The fourth-order valence-electron chi connectivity index (χ4n) is 1.13. The molecule has 0 atom stereocenters. The fourth-order valence-corrected chi connectivity index (χ4v) is 3.16. The highest BCUT2D eigenvalue weighted by atomic mass is 79.9. The molecule has 0 N–H and O–H groups in total. The van der Waals surface area contributed by atoms with Crippen LogP contribution in [-0.2, 0) is 6.42 Å². The third-order valence-electron chi connectivity index (χ3n) is 1.79. The van der Waals surface area contributed by atoms with Crippen molar-refractivity contribution in [1.29, 1.82) is 0 Å². The van der Waals surface area contributed by atoms with Crippen LogP contribution in [-0.4, -0.2) is 5.78 Å². The third kappa shape index (κ3) is 2.32. The maximum absolute atomic E-state index is 11.7. The van der Waals surface area contributed by atoms with Gasteiger partial charge in [0, 0.05) is 16.3 Å². The summed E-state index contributed by atoms with van der Waals surface area (Å²) in [5.41, 5.74) is 1.10. The second-order valence-corrected chi connectivity index (χ2v) is 5.47. The molecule has 4 heteroatoms. The van der Waals surface area contributed by atoms with Crippen molar-refractivity contribution in [3.8, 4) is 0 Å². The van der Waals surface area contributed by atoms with E-state index < -0.39 is 0 Å². The highest BCUT2D eigenvalue weighted by Crippen LogP contribution is 2.21. The number of carbonyl (C=O) groups is 1. The van der Waals surface area contributed by atoms with Gasteiger partial charge in [-0.1, -0.05) is 0 Å². The van der Waals surface area contributed by atoms with Crippen LogP contribution in [0.2, 0.25) is 0 Å². The van der Waals surface area contributed by atoms with E-state index in [1.165, 1.54) is 11.3 Å². The van der Waals surface area contributed by atoms with Crippen molar-refractivity contribution in [1.82, 2.24) is 0 Å². The third-order valence-corrected chi connectivity index (χ3v) is 4.25. The van der Waals surface area contributed by atoms with Gasteiger partial charge in [0.1, 0.15) is 0 Å². The fraction of sp³-hybridized carbons (Fsp3) is 0.100. The summed E-state index contributed by atoms with van der Waals surface area (Å²) in [4.78, 5) is 12.5. The first-order chi connectivity index (χ1) is 6.75. The molecule has 0 aliphatic carbocycles. The Kier molecular flexibility index (Phi) is 3.15. The van der Waals surface area contributed by atoms with Crippen molar-refractivity contribution in [3.05, 3.63) is 43.2 Å². The van der Waals surface area contributed by atoms with Crippen molar-refractivity contribution in [2.24, 2.45) is 0 Å². The van der Waals surface area contributed by atoms with Crippen molar-refractivity contribution in [2.45, 2.75) is 6.42 Å². The minimum absolute atomic E-state index is 0.194. The molecule has 2 rings (SSSR count). The Morgan fingerprint density at radius 3 is 2.86 bits per heavy atom. The van der Waals surface area contributed by atoms with Crippen LogP contribution < -0.4 is 0 Å². The highest BCUT2D eigenvalue weighted by Gasteiger charge is 2.09. The minimum Gasteiger partial charge on any atom is -0.293 e. The van der Waals surface area contributed by atoms with E-state index in [1.54, 1.807) is 11.3 Å². The molecule has 0 aliphatic rings. The monoisotopic (exact) mass is 286 g/mol. The lowest BCUT2D eigenvalue weighted by molar-refractivity contribution is 0.0997. The van der Waals surface area contributed by atoms with Gasteiger partial charge in [-0.15, -0.1) is 11.3 Å². The van der Waals surface area contributed by atoms with Gasteiger partial charge in [0.25, 0.3) is 0 Å². The molecule has 2 heterocycles. The summed E-state index contributed by atoms with van der Waals surface area (Å²) in [6.07, 6.45) is 0.510. The van der Waals surface area contributed by atoms with E-state index >= 15 is 0 Å². The number of hydrogen-bond donors (Lipinski definition) is 0. The van der Waals surface area contributed by atoms with E-state index in [4.69, 9.17) is 0 Å². The number of Topliss-reactive ketones (excluding diaryl/α,β-unsaturated/α-hetero) is 1. The predicted molar refractivity (Wildman–Crippen MR) is 64.4 cm³/mol. The van der Waals surface area contributed by atoms with Crippen molar-refractivity contribution in [2.75, 3.05) is 0 Å². The van der Waals surface area contributed by atoms with Gasteiger partial charge in [0.2, 0.25) is 0 Å². The number of thiophene rings is 2. The van der Waals surface area contributed by atoms with Crippen LogP contribution in [0.1, 0.15) is 15.2 Å². The molecule has 0 spiro atoms. The molecule has 0 saturated carbocycles. The second-order valence-electron chi connectivity index (χ2n) is 2.86. The molecule has 2 aromatic rings. The number of carbonyl (C=O) groups excluding carboxylic acids is 1. The Bertz CT molecular complexity index is 431. The highest BCUT2D eigenvalue weighted by molar-refractivity contribution is 9.10. The molecule has 14 heavy (non-hydrogen) atoms. The molecule has 0 fully saturated rings. The summed E-state index contributed by atoms with van der Waals surface area (Å²) in [6, 6.07) is 3.87. The quantitative estimate of drug-likeness (QED) is 0.780. The normalized spacial score (nSPS) is 10.4. The Labute approximate surface area is 98.5 Å². The van der Waals surface area contributed by atoms with Crippen LogP contribution in [0.3, 0.4) is 0 Å². The van der Waals surface area contributed by atoms with E-state index in [9.17, 15) is 4.79 Å². The molecular weight excluding hydrogens is 280 g/mol. The van der Waals surface area contributed by atoms with Gasteiger partial charge in [0.15, 0.2) is 5.78 Å². The topological polar surface area (TPSA) is 17.1 Å². The van der Waals surface area contributed by atoms with E-state index in [-0.39, 0.29) is 5.78 Å². The lowest BCUT2D eigenvalue weighted by atomic mass is 10.1. The maximum Gasteiger partial charge on any atom is 0.177 e. The number of hydrogen-bond acceptors (Lipinski definition) is 3. The van der Waals surface area contributed by atoms with Gasteiger partial charge in [-0.3, -0.25) is 4.79 Å². The zero-order chi connectivity index (χ0) is 9.97. The molecule has 1 nitrogen and oxygen atoms in total. The van der Waals surface area contributed by atoms with Crippen LogP contribution in [0.4, 0.5) is 0 Å². The first kappa shape index (κ1) is 10.1. The summed E-state index contributed by atoms with van der Waals surface area (Å²) < 4.78 is 0.983. The van der Waals surface area contributed by atoms with E-state index in [0.717, 1.165) is 14.9 Å². The minimum atomic E-state index is 0.194. The summed E-state index contributed by atoms with van der Waals surface area (Å²) in [6.45, 7) is 0. The Balaban J connectivity index is 2.10. The summed E-state index contributed by atoms with van der Waals surface area (Å²) in [7, 11) is 0. The standard InChI is InChI=1S/C10H7BrOS2/c11-8-4-10(14-6-8)9(12)3-7-1-2-13-5-7/h1-2,4-6H,3H2. The van der Waals surface area contributed by atoms with Crippen molar-refractivity contribution in [3.63, 3.8) is 0 Å². The van der Waals surface area contributed by atoms with Gasteiger partial charge in [-0.25, -0.2) is 0 Å². The first-order valence-electron chi connectivity index (χ1n) is 4.04. The molecule has 0 aliphatic heterocycles. The van der Waals surface area contributed by atoms with Gasteiger partial charge < -0.3 is 0 Å². The van der Waals surface area contributed by atoms with Crippen LogP contribution in [0.15, 0.2) is 32.7 Å². The number of halogens is 1. The summed E-state index contributed by atoms with van der Waals surface area (Å²) in [5.74, 6) is 0.194. The Morgan fingerprint density at radius 1 is 1.43 bits per heavy atom. The SMILES string of the molecule is O=C(Cc1ccsc1)c1cc(Br)cs1. The van der Waals surface area contributed by atoms with Crippen LogP contribution in [0.5, 0.6) is 0 Å². The zero-order valence-corrected chi connectivity index (χ0v) is 10.4. The Morgan fingerprint density at radius 2 is 2.29 bits per heavy atom. The average Bonchev–Trinajstić information content (AvgIpc) is 2.75. The molecule has 0 radical (unpaired) electrons. The van der Waals surface area contributed by atoms with Gasteiger partial charge in [-0.05, 0) is 44.4 Å². The van der Waals surface area contributed by atoms with Crippen LogP contribution in [0.25, 0.3) is 0 Å². The van der Waals surface area contributed by atoms with Crippen LogP contribution >= 0.6 is 38.6 Å². The molecule has 0 saturated heterocycles. The van der Waals surface area contributed by atoms with Crippen LogP contribution in [0, 0.1) is 0 Å². The van der Waals surface area contributed by atoms with Gasteiger partial charge in [0.05, 0.1) is 4.88 Å². The molecule has 2 aromatic heterocycles. The second kappa shape index (κ2) is 4.38. The van der Waals surface area contributed by atoms with Crippen molar-refractivity contribution >= 4 is 44.4 Å². The summed E-state index contributed by atoms with van der Waals surface area (Å²) >= 11 is 6.45. The number of ketones is 1. The lowest BCUT2D eigenvalue weighted by Crippen LogP contribution is -1.99. The molecule has 0 bridgehead atoms. The predicted octanol–water partition coefficient (Wildman–Crippen LogP) is 4.00. The number of rotatable bonds is 3. The molecule has 0 amide bonds. The average molecular weight is 287 g/mol. The largest absolute Gasteiger partial charge is 0.293 e. The lowest BCUT2D eigenvalue weighted by Gasteiger charge is -1.93. The summed E-state index contributed by atoms with van der Waals surface area (Å²) in [5, 5.41) is 5.94. The smallest absolute Gasteiger partial charge is 0.177 e. The molecule has 0 unspecified atom stereocenters. The van der Waals surface area contributed by atoms with E-state index in [1.807, 2.05) is 28.3 Å². The Hall–Kier alpha value is -0.450. The van der Waals surface area contributed by atoms with E-state index in [2.05, 4.69) is 15.9 Å². The molecule has 72 valence electrons.